The van der Waals surface area contributed by atoms with E-state index in [0.29, 0.717) is 11.5 Å². The fourth-order valence-electron chi connectivity index (χ4n) is 5.92. The Balaban J connectivity index is 1.48. The highest BCUT2D eigenvalue weighted by atomic mass is 16.7. The molecule has 224 valence electrons. The summed E-state index contributed by atoms with van der Waals surface area (Å²) in [4.78, 5) is 32.9. The number of aliphatic hydroxyl groups is 1. The first-order valence-corrected chi connectivity index (χ1v) is 13.9. The highest BCUT2D eigenvalue weighted by Crippen LogP contribution is 2.52. The number of likely N-dealkylation sites (N-methyl/N-ethyl adjacent to an activating group) is 1. The highest BCUT2D eigenvalue weighted by molar-refractivity contribution is 5.37. The number of methoxy groups -OCH3 is 2. The molecule has 0 amide bonds. The molecule has 11 nitrogen and oxygen atoms in total. The molecule has 2 aliphatic rings. The highest BCUT2D eigenvalue weighted by Gasteiger charge is 2.65. The van der Waals surface area contributed by atoms with Gasteiger partial charge in [-0.2, -0.15) is 5.06 Å². The Morgan fingerprint density at radius 2 is 1.49 bits per heavy atom. The van der Waals surface area contributed by atoms with Crippen LogP contribution in [0.25, 0.3) is 0 Å². The van der Waals surface area contributed by atoms with Crippen LogP contribution in [0.4, 0.5) is 0 Å². The number of hydrogen-bond acceptors (Lipinski definition) is 9. The normalized spacial score (nSPS) is 24.2. The number of nitrogens with one attached hydrogen (secondary N) is 1. The summed E-state index contributed by atoms with van der Waals surface area (Å²) in [7, 11) is 4.96. The quantitative estimate of drug-likeness (QED) is 0.304. The molecule has 11 heteroatoms. The summed E-state index contributed by atoms with van der Waals surface area (Å²) >= 11 is 0. The van der Waals surface area contributed by atoms with Crippen molar-refractivity contribution in [2.75, 3.05) is 27.8 Å². The van der Waals surface area contributed by atoms with E-state index in [2.05, 4.69) is 4.98 Å². The SMILES string of the molecule is COc1ccc(C(OC(c2ccccc2)C23CN(C)OC(C(n4ccc(=O)[nH]c4=O)O2)C3O)c2ccc(OC)cc2)cc1. The number of aromatic nitrogens is 2. The molecule has 0 aliphatic carbocycles. The molecule has 6 rings (SSSR count). The maximum absolute atomic E-state index is 12.8. The molecule has 5 atom stereocenters. The first kappa shape index (κ1) is 28.8. The van der Waals surface area contributed by atoms with E-state index in [9.17, 15) is 14.7 Å². The summed E-state index contributed by atoms with van der Waals surface area (Å²) < 4.78 is 25.8. The minimum absolute atomic E-state index is 0.122. The topological polar surface area (TPSA) is 124 Å². The van der Waals surface area contributed by atoms with Gasteiger partial charge in [0.2, 0.25) is 0 Å². The van der Waals surface area contributed by atoms with Crippen LogP contribution in [0.1, 0.15) is 35.1 Å². The van der Waals surface area contributed by atoms with Gasteiger partial charge in [0.15, 0.2) is 12.3 Å². The van der Waals surface area contributed by atoms with Crippen molar-refractivity contribution in [2.45, 2.75) is 36.2 Å². The third-order valence-corrected chi connectivity index (χ3v) is 7.99. The van der Waals surface area contributed by atoms with Crippen molar-refractivity contribution in [1.82, 2.24) is 14.6 Å². The first-order valence-electron chi connectivity index (χ1n) is 13.9. The maximum atomic E-state index is 12.8. The van der Waals surface area contributed by atoms with E-state index in [4.69, 9.17) is 23.8 Å². The van der Waals surface area contributed by atoms with Gasteiger partial charge >= 0.3 is 5.69 Å². The lowest BCUT2D eigenvalue weighted by Gasteiger charge is -2.45. The van der Waals surface area contributed by atoms with Crippen LogP contribution in [-0.2, 0) is 14.3 Å². The van der Waals surface area contributed by atoms with E-state index in [0.717, 1.165) is 16.7 Å². The van der Waals surface area contributed by atoms with Gasteiger partial charge in [0, 0.05) is 19.3 Å². The summed E-state index contributed by atoms with van der Waals surface area (Å²) in [5, 5.41) is 13.5. The standard InChI is InChI=1S/C32H33N3O8/c1-34-19-32(28(37)27(43-34)30(42-32)35-18-17-25(36)33-31(35)38)29(22-7-5-4-6-8-22)41-26(20-9-13-23(39-2)14-10-20)21-11-15-24(40-3)16-12-21/h4-18,26-30,37H,19H2,1-3H3,(H,33,36,38). The summed E-state index contributed by atoms with van der Waals surface area (Å²) in [5.74, 6) is 1.40. The van der Waals surface area contributed by atoms with Crippen LogP contribution >= 0.6 is 0 Å². The van der Waals surface area contributed by atoms with Crippen LogP contribution in [-0.4, -0.2) is 65.3 Å². The number of aromatic amines is 1. The Morgan fingerprint density at radius 1 is 0.884 bits per heavy atom. The number of benzene rings is 3. The Morgan fingerprint density at radius 3 is 2.05 bits per heavy atom. The predicted octanol–water partition coefficient (Wildman–Crippen LogP) is 2.98. The Kier molecular flexibility index (Phi) is 7.91. The van der Waals surface area contributed by atoms with Crippen LogP contribution in [0.3, 0.4) is 0 Å². The fraction of sp³-hybridized carbons (Fsp3) is 0.312. The van der Waals surface area contributed by atoms with Gasteiger partial charge in [-0.1, -0.05) is 54.6 Å². The van der Waals surface area contributed by atoms with Crippen molar-refractivity contribution in [1.29, 1.82) is 0 Å². The molecule has 4 aromatic rings. The average molecular weight is 588 g/mol. The van der Waals surface area contributed by atoms with E-state index >= 15 is 0 Å². The number of rotatable bonds is 9. The van der Waals surface area contributed by atoms with Crippen molar-refractivity contribution < 1.29 is 28.9 Å². The van der Waals surface area contributed by atoms with Crippen LogP contribution in [0.2, 0.25) is 0 Å². The molecule has 1 aromatic heterocycles. The smallest absolute Gasteiger partial charge is 0.330 e. The van der Waals surface area contributed by atoms with E-state index in [1.54, 1.807) is 26.3 Å². The lowest BCUT2D eigenvalue weighted by atomic mass is 9.83. The second-order valence-corrected chi connectivity index (χ2v) is 10.6. The van der Waals surface area contributed by atoms with Crippen molar-refractivity contribution in [3.63, 3.8) is 0 Å². The van der Waals surface area contributed by atoms with Crippen LogP contribution in [0.5, 0.6) is 11.5 Å². The molecule has 3 heterocycles. The molecule has 2 fully saturated rings. The minimum atomic E-state index is -1.38. The van der Waals surface area contributed by atoms with Gasteiger partial charge in [0.1, 0.15) is 35.4 Å². The molecular weight excluding hydrogens is 554 g/mol. The number of hydrogen-bond donors (Lipinski definition) is 2. The number of ether oxygens (including phenoxy) is 4. The van der Waals surface area contributed by atoms with Gasteiger partial charge in [-0.3, -0.25) is 19.2 Å². The lowest BCUT2D eigenvalue weighted by molar-refractivity contribution is -0.275. The molecule has 0 saturated carbocycles. The molecule has 2 N–H and O–H groups in total. The van der Waals surface area contributed by atoms with E-state index in [1.807, 2.05) is 78.9 Å². The predicted molar refractivity (Wildman–Crippen MR) is 156 cm³/mol. The number of fused-ring (bicyclic) bond motifs is 2. The van der Waals surface area contributed by atoms with Gasteiger partial charge in [-0.15, -0.1) is 0 Å². The molecule has 0 radical (unpaired) electrons. The zero-order chi connectivity index (χ0) is 30.1. The van der Waals surface area contributed by atoms with Crippen molar-refractivity contribution in [2.24, 2.45) is 0 Å². The third-order valence-electron chi connectivity index (χ3n) is 7.99. The zero-order valence-corrected chi connectivity index (χ0v) is 24.0. The van der Waals surface area contributed by atoms with Crippen LogP contribution in [0.15, 0.2) is 101 Å². The summed E-state index contributed by atoms with van der Waals surface area (Å²) in [6.45, 7) is 0.122. The summed E-state index contributed by atoms with van der Waals surface area (Å²) in [6.07, 6.45) is -3.31. The number of nitrogens with zero attached hydrogens (tertiary/aromatic N) is 2. The van der Waals surface area contributed by atoms with Gasteiger partial charge in [-0.05, 0) is 41.0 Å². The van der Waals surface area contributed by atoms with E-state index < -0.39 is 47.5 Å². The maximum Gasteiger partial charge on any atom is 0.330 e. The second-order valence-electron chi connectivity index (χ2n) is 10.6. The largest absolute Gasteiger partial charge is 0.497 e. The number of hydroxylamine groups is 2. The molecule has 3 aromatic carbocycles. The Labute approximate surface area is 247 Å². The molecule has 0 spiro atoms. The van der Waals surface area contributed by atoms with Gasteiger partial charge in [-0.25, -0.2) is 4.79 Å². The lowest BCUT2D eigenvalue weighted by Crippen LogP contribution is -2.60. The molecule has 2 aliphatic heterocycles. The first-order chi connectivity index (χ1) is 20.8. The Hall–Kier alpha value is -4.26. The summed E-state index contributed by atoms with van der Waals surface area (Å²) in [6, 6.07) is 25.9. The van der Waals surface area contributed by atoms with Gasteiger partial charge in [0.05, 0.1) is 20.8 Å². The molecule has 43 heavy (non-hydrogen) atoms. The van der Waals surface area contributed by atoms with Gasteiger partial charge < -0.3 is 24.1 Å². The second kappa shape index (κ2) is 11.8. The minimum Gasteiger partial charge on any atom is -0.497 e. The van der Waals surface area contributed by atoms with Crippen molar-refractivity contribution in [3.8, 4) is 11.5 Å². The van der Waals surface area contributed by atoms with Crippen molar-refractivity contribution >= 4 is 0 Å². The molecule has 2 bridgehead atoms. The number of H-pyrrole nitrogens is 1. The molecule has 5 unspecified atom stereocenters. The average Bonchev–Trinajstić information content (AvgIpc) is 3.18. The molecule has 2 saturated heterocycles. The zero-order valence-electron chi connectivity index (χ0n) is 24.0. The monoisotopic (exact) mass is 587 g/mol. The van der Waals surface area contributed by atoms with Gasteiger partial charge in [0.25, 0.3) is 5.56 Å². The third kappa shape index (κ3) is 5.37. The number of aliphatic hydroxyl groups excluding tert-OH is 1. The molecular formula is C32H33N3O8. The van der Waals surface area contributed by atoms with E-state index in [-0.39, 0.29) is 6.54 Å². The van der Waals surface area contributed by atoms with Crippen LogP contribution in [0, 0.1) is 0 Å². The van der Waals surface area contributed by atoms with E-state index in [1.165, 1.54) is 16.8 Å². The summed E-state index contributed by atoms with van der Waals surface area (Å²) in [5.41, 5.74) is -0.136. The van der Waals surface area contributed by atoms with Crippen molar-refractivity contribution in [3.05, 3.63) is 129 Å². The Bertz CT molecular complexity index is 1610. The fourth-order valence-corrected chi connectivity index (χ4v) is 5.92. The van der Waals surface area contributed by atoms with Crippen LogP contribution < -0.4 is 20.7 Å².